The molecule has 1 N–H and O–H groups in total. The van der Waals surface area contributed by atoms with Crippen LogP contribution >= 0.6 is 0 Å². The van der Waals surface area contributed by atoms with Gasteiger partial charge in [-0.15, -0.1) is 0 Å². The summed E-state index contributed by atoms with van der Waals surface area (Å²) in [6, 6.07) is 10.1. The number of rotatable bonds is 1. The molecule has 0 aliphatic rings. The van der Waals surface area contributed by atoms with E-state index in [4.69, 9.17) is 5.26 Å². The molecule has 1 aromatic heterocycles. The van der Waals surface area contributed by atoms with Gasteiger partial charge in [0.25, 0.3) is 0 Å². The summed E-state index contributed by atoms with van der Waals surface area (Å²) in [6.45, 7) is 1.82. The number of aryl methyl sites for hydroxylation is 1. The first-order valence-electron chi connectivity index (χ1n) is 4.56. The van der Waals surface area contributed by atoms with Crippen molar-refractivity contribution in [1.29, 1.82) is 5.26 Å². The predicted molar refractivity (Wildman–Crippen MR) is 55.6 cm³/mol. The van der Waals surface area contributed by atoms with Crippen LogP contribution in [0.15, 0.2) is 30.3 Å². The Morgan fingerprint density at radius 1 is 1.33 bits per heavy atom. The summed E-state index contributed by atoms with van der Waals surface area (Å²) >= 11 is 0. The Balaban J connectivity index is 2.51. The lowest BCUT2D eigenvalue weighted by atomic mass is 10.1. The third-order valence-electron chi connectivity index (χ3n) is 2.27. The van der Waals surface area contributed by atoms with Gasteiger partial charge in [-0.05, 0) is 25.1 Å². The van der Waals surface area contributed by atoms with Crippen molar-refractivity contribution in [1.82, 2.24) is 4.98 Å². The topological polar surface area (TPSA) is 39.6 Å². The van der Waals surface area contributed by atoms with Crippen LogP contribution in [0.25, 0.3) is 11.3 Å². The molecule has 1 heterocycles. The Bertz CT molecular complexity index is 535. The van der Waals surface area contributed by atoms with Gasteiger partial charge in [0.1, 0.15) is 11.9 Å². The van der Waals surface area contributed by atoms with E-state index in [1.54, 1.807) is 18.2 Å². The minimum atomic E-state index is -0.279. The first kappa shape index (κ1) is 9.47. The molecule has 0 spiro atoms. The highest BCUT2D eigenvalue weighted by Gasteiger charge is 2.05. The van der Waals surface area contributed by atoms with Crippen molar-refractivity contribution in [2.24, 2.45) is 0 Å². The molecule has 2 rings (SSSR count). The van der Waals surface area contributed by atoms with E-state index in [9.17, 15) is 4.39 Å². The van der Waals surface area contributed by atoms with Gasteiger partial charge in [0, 0.05) is 17.0 Å². The number of halogens is 1. The van der Waals surface area contributed by atoms with Crippen LogP contribution in [0.2, 0.25) is 0 Å². The van der Waals surface area contributed by atoms with Crippen LogP contribution in [0.3, 0.4) is 0 Å². The average Bonchev–Trinajstić information content (AvgIpc) is 2.60. The van der Waals surface area contributed by atoms with Crippen molar-refractivity contribution in [2.75, 3.05) is 0 Å². The summed E-state index contributed by atoms with van der Waals surface area (Å²) < 4.78 is 13.0. The van der Waals surface area contributed by atoms with Crippen molar-refractivity contribution in [2.45, 2.75) is 6.92 Å². The molecule has 0 atom stereocenters. The van der Waals surface area contributed by atoms with Crippen LogP contribution in [0, 0.1) is 24.1 Å². The molecule has 0 saturated heterocycles. The number of aromatic amines is 1. The van der Waals surface area contributed by atoms with Gasteiger partial charge < -0.3 is 4.98 Å². The van der Waals surface area contributed by atoms with E-state index in [-0.39, 0.29) is 5.82 Å². The van der Waals surface area contributed by atoms with Crippen molar-refractivity contribution in [3.63, 3.8) is 0 Å². The molecule has 0 unspecified atom stereocenters. The highest BCUT2D eigenvalue weighted by Crippen LogP contribution is 2.21. The SMILES string of the molecule is Cc1[nH]c(-c2cccc(F)c2)cc1C#N. The number of nitriles is 1. The molecule has 0 bridgehead atoms. The van der Waals surface area contributed by atoms with Crippen molar-refractivity contribution in [3.8, 4) is 17.3 Å². The fraction of sp³-hybridized carbons (Fsp3) is 0.0833. The Labute approximate surface area is 87.0 Å². The first-order chi connectivity index (χ1) is 7.20. The van der Waals surface area contributed by atoms with Crippen LogP contribution in [0.4, 0.5) is 4.39 Å². The van der Waals surface area contributed by atoms with Gasteiger partial charge >= 0.3 is 0 Å². The second kappa shape index (κ2) is 3.58. The normalized spacial score (nSPS) is 9.93. The number of nitrogens with one attached hydrogen (secondary N) is 1. The zero-order valence-electron chi connectivity index (χ0n) is 8.21. The Morgan fingerprint density at radius 3 is 2.73 bits per heavy atom. The van der Waals surface area contributed by atoms with Crippen LogP contribution in [0.1, 0.15) is 11.3 Å². The number of benzene rings is 1. The fourth-order valence-electron chi connectivity index (χ4n) is 1.49. The second-order valence-electron chi connectivity index (χ2n) is 3.34. The number of hydrogen-bond donors (Lipinski definition) is 1. The van der Waals surface area contributed by atoms with Crippen molar-refractivity contribution < 1.29 is 4.39 Å². The third kappa shape index (κ3) is 1.75. The summed E-state index contributed by atoms with van der Waals surface area (Å²) in [4.78, 5) is 3.05. The summed E-state index contributed by atoms with van der Waals surface area (Å²) in [5.41, 5.74) is 2.91. The highest BCUT2D eigenvalue weighted by atomic mass is 19.1. The van der Waals surface area contributed by atoms with E-state index in [0.29, 0.717) is 5.56 Å². The molecule has 0 radical (unpaired) electrons. The maximum absolute atomic E-state index is 13.0. The molecule has 2 aromatic rings. The lowest BCUT2D eigenvalue weighted by Crippen LogP contribution is -1.79. The Kier molecular flexibility index (Phi) is 2.26. The van der Waals surface area contributed by atoms with Crippen LogP contribution < -0.4 is 0 Å². The zero-order valence-corrected chi connectivity index (χ0v) is 8.21. The lowest BCUT2D eigenvalue weighted by Gasteiger charge is -1.96. The largest absolute Gasteiger partial charge is 0.358 e. The maximum atomic E-state index is 13.0. The first-order valence-corrected chi connectivity index (χ1v) is 4.56. The van der Waals surface area contributed by atoms with Gasteiger partial charge in [0.2, 0.25) is 0 Å². The van der Waals surface area contributed by atoms with Crippen molar-refractivity contribution in [3.05, 3.63) is 47.4 Å². The second-order valence-corrected chi connectivity index (χ2v) is 3.34. The molecule has 1 aromatic carbocycles. The Morgan fingerprint density at radius 2 is 2.13 bits per heavy atom. The van der Waals surface area contributed by atoms with Gasteiger partial charge in [-0.3, -0.25) is 0 Å². The quantitative estimate of drug-likeness (QED) is 0.755. The molecular weight excluding hydrogens is 191 g/mol. The van der Waals surface area contributed by atoms with E-state index in [1.807, 2.05) is 6.92 Å². The highest BCUT2D eigenvalue weighted by molar-refractivity contribution is 5.62. The summed E-state index contributed by atoms with van der Waals surface area (Å²) in [5, 5.41) is 8.79. The minimum Gasteiger partial charge on any atom is -0.358 e. The lowest BCUT2D eigenvalue weighted by molar-refractivity contribution is 0.628. The van der Waals surface area contributed by atoms with E-state index in [0.717, 1.165) is 17.0 Å². The zero-order chi connectivity index (χ0) is 10.8. The number of H-pyrrole nitrogens is 1. The fourth-order valence-corrected chi connectivity index (χ4v) is 1.49. The third-order valence-corrected chi connectivity index (χ3v) is 2.27. The molecule has 0 saturated carbocycles. The molecule has 74 valence electrons. The maximum Gasteiger partial charge on any atom is 0.123 e. The smallest absolute Gasteiger partial charge is 0.123 e. The van der Waals surface area contributed by atoms with Crippen LogP contribution in [-0.2, 0) is 0 Å². The summed E-state index contributed by atoms with van der Waals surface area (Å²) in [5.74, 6) is -0.279. The van der Waals surface area contributed by atoms with Crippen molar-refractivity contribution >= 4 is 0 Å². The number of aromatic nitrogens is 1. The van der Waals surface area contributed by atoms with Gasteiger partial charge in [0.15, 0.2) is 0 Å². The number of nitrogens with zero attached hydrogens (tertiary/aromatic N) is 1. The molecule has 0 fully saturated rings. The van der Waals surface area contributed by atoms with Gasteiger partial charge in [0.05, 0.1) is 5.56 Å². The predicted octanol–water partition coefficient (Wildman–Crippen LogP) is 3.00. The van der Waals surface area contributed by atoms with E-state index in [2.05, 4.69) is 11.1 Å². The molecule has 2 nitrogen and oxygen atoms in total. The average molecular weight is 200 g/mol. The van der Waals surface area contributed by atoms with Crippen LogP contribution in [0.5, 0.6) is 0 Å². The van der Waals surface area contributed by atoms with Gasteiger partial charge in [-0.2, -0.15) is 5.26 Å². The summed E-state index contributed by atoms with van der Waals surface area (Å²) in [7, 11) is 0. The molecule has 3 heteroatoms. The number of hydrogen-bond acceptors (Lipinski definition) is 1. The van der Waals surface area contributed by atoms with Gasteiger partial charge in [-0.25, -0.2) is 4.39 Å². The van der Waals surface area contributed by atoms with E-state index in [1.165, 1.54) is 12.1 Å². The minimum absolute atomic E-state index is 0.279. The molecule has 15 heavy (non-hydrogen) atoms. The molecular formula is C12H9FN2. The van der Waals surface area contributed by atoms with Gasteiger partial charge in [-0.1, -0.05) is 12.1 Å². The van der Waals surface area contributed by atoms with E-state index < -0.39 is 0 Å². The van der Waals surface area contributed by atoms with Crippen LogP contribution in [-0.4, -0.2) is 4.98 Å². The summed E-state index contributed by atoms with van der Waals surface area (Å²) in [6.07, 6.45) is 0. The molecule has 0 amide bonds. The monoisotopic (exact) mass is 200 g/mol. The molecule has 0 aliphatic heterocycles. The van der Waals surface area contributed by atoms with E-state index >= 15 is 0 Å². The standard InChI is InChI=1S/C12H9FN2/c1-8-10(7-14)6-12(15-8)9-3-2-4-11(13)5-9/h2-6,15H,1H3. The Hall–Kier alpha value is -2.08. The molecule has 0 aliphatic carbocycles.